The molecule has 20 heavy (non-hydrogen) atoms. The molecule has 5 heteroatoms. The van der Waals surface area contributed by atoms with Crippen LogP contribution in [0.4, 0.5) is 5.69 Å². The fourth-order valence-corrected chi connectivity index (χ4v) is 2.35. The topological polar surface area (TPSA) is 69.2 Å². The molecule has 0 saturated heterocycles. The predicted molar refractivity (Wildman–Crippen MR) is 79.9 cm³/mol. The molecule has 0 aliphatic rings. The van der Waals surface area contributed by atoms with Crippen molar-refractivity contribution >= 4 is 17.3 Å². The molecule has 0 fully saturated rings. The monoisotopic (exact) mass is 290 g/mol. The maximum Gasteiger partial charge on any atom is 0.271 e. The van der Waals surface area contributed by atoms with Crippen LogP contribution in [0.15, 0.2) is 42.5 Å². The van der Waals surface area contributed by atoms with Crippen LogP contribution >= 0.6 is 11.6 Å². The Morgan fingerprint density at radius 2 is 2.00 bits per heavy atom. The summed E-state index contributed by atoms with van der Waals surface area (Å²) < 4.78 is 0. The summed E-state index contributed by atoms with van der Waals surface area (Å²) in [5.74, 6) is 0. The molecule has 0 aliphatic carbocycles. The normalized spacial score (nSPS) is 12.2. The molecular formula is C15H15ClN2O2. The van der Waals surface area contributed by atoms with Crippen LogP contribution in [0.25, 0.3) is 0 Å². The van der Waals surface area contributed by atoms with Gasteiger partial charge in [0.05, 0.1) is 4.92 Å². The van der Waals surface area contributed by atoms with Crippen LogP contribution in [0.5, 0.6) is 0 Å². The van der Waals surface area contributed by atoms with E-state index in [4.69, 9.17) is 17.3 Å². The molecule has 0 aromatic heterocycles. The fourth-order valence-electron chi connectivity index (χ4n) is 2.11. The number of aryl methyl sites for hydroxylation is 1. The summed E-state index contributed by atoms with van der Waals surface area (Å²) in [6.07, 6.45) is 0.615. The van der Waals surface area contributed by atoms with Gasteiger partial charge in [0.2, 0.25) is 0 Å². The molecule has 1 unspecified atom stereocenters. The van der Waals surface area contributed by atoms with E-state index in [-0.39, 0.29) is 11.7 Å². The molecule has 2 N–H and O–H groups in total. The summed E-state index contributed by atoms with van der Waals surface area (Å²) in [5.41, 5.74) is 9.07. The fraction of sp³-hybridized carbons (Fsp3) is 0.200. The van der Waals surface area contributed by atoms with E-state index in [1.54, 1.807) is 6.07 Å². The smallest absolute Gasteiger partial charge is 0.271 e. The number of benzene rings is 2. The SMILES string of the molecule is Cc1ccccc1CC(N)c1cc(Cl)cc([N+](=O)[O-])c1. The Bertz CT molecular complexity index is 644. The van der Waals surface area contributed by atoms with Crippen molar-refractivity contribution in [1.29, 1.82) is 0 Å². The van der Waals surface area contributed by atoms with Gasteiger partial charge in [-0.2, -0.15) is 0 Å². The van der Waals surface area contributed by atoms with Crippen molar-refractivity contribution in [3.05, 3.63) is 74.3 Å². The van der Waals surface area contributed by atoms with Crippen LogP contribution in [0, 0.1) is 17.0 Å². The number of nitro benzene ring substituents is 1. The first-order valence-corrected chi connectivity index (χ1v) is 6.60. The van der Waals surface area contributed by atoms with E-state index in [0.717, 1.165) is 11.1 Å². The number of hydrogen-bond donors (Lipinski definition) is 1. The van der Waals surface area contributed by atoms with Crippen LogP contribution in [0.1, 0.15) is 22.7 Å². The molecule has 1 atom stereocenters. The summed E-state index contributed by atoms with van der Waals surface area (Å²) in [5, 5.41) is 11.2. The highest BCUT2D eigenvalue weighted by molar-refractivity contribution is 6.30. The average Bonchev–Trinajstić information content (AvgIpc) is 2.40. The van der Waals surface area contributed by atoms with Gasteiger partial charge in [-0.3, -0.25) is 10.1 Å². The Balaban J connectivity index is 2.27. The molecule has 104 valence electrons. The van der Waals surface area contributed by atoms with Gasteiger partial charge in [-0.15, -0.1) is 0 Å². The lowest BCUT2D eigenvalue weighted by Crippen LogP contribution is -2.14. The lowest BCUT2D eigenvalue weighted by atomic mass is 9.96. The highest BCUT2D eigenvalue weighted by atomic mass is 35.5. The minimum atomic E-state index is -0.462. The van der Waals surface area contributed by atoms with E-state index in [9.17, 15) is 10.1 Å². The second-order valence-electron chi connectivity index (χ2n) is 4.74. The Morgan fingerprint density at radius 3 is 2.65 bits per heavy atom. The summed E-state index contributed by atoms with van der Waals surface area (Å²) in [4.78, 5) is 10.4. The van der Waals surface area contributed by atoms with Crippen molar-refractivity contribution in [2.75, 3.05) is 0 Å². The third-order valence-electron chi connectivity index (χ3n) is 3.24. The van der Waals surface area contributed by atoms with Crippen molar-refractivity contribution in [2.24, 2.45) is 5.73 Å². The zero-order valence-electron chi connectivity index (χ0n) is 11.0. The van der Waals surface area contributed by atoms with Gasteiger partial charge in [-0.05, 0) is 36.1 Å². The Labute approximate surface area is 122 Å². The van der Waals surface area contributed by atoms with Crippen LogP contribution in [0.3, 0.4) is 0 Å². The van der Waals surface area contributed by atoms with Crippen LogP contribution in [0.2, 0.25) is 5.02 Å². The van der Waals surface area contributed by atoms with Crippen molar-refractivity contribution in [2.45, 2.75) is 19.4 Å². The first-order valence-electron chi connectivity index (χ1n) is 6.22. The summed E-state index contributed by atoms with van der Waals surface area (Å²) in [6.45, 7) is 2.02. The quantitative estimate of drug-likeness (QED) is 0.688. The number of nitrogens with zero attached hydrogens (tertiary/aromatic N) is 1. The zero-order valence-corrected chi connectivity index (χ0v) is 11.8. The maximum atomic E-state index is 10.8. The molecule has 0 saturated carbocycles. The largest absolute Gasteiger partial charge is 0.324 e. The second-order valence-corrected chi connectivity index (χ2v) is 5.17. The Kier molecular flexibility index (Phi) is 4.37. The Morgan fingerprint density at radius 1 is 1.30 bits per heavy atom. The van der Waals surface area contributed by atoms with Gasteiger partial charge in [0.1, 0.15) is 0 Å². The van der Waals surface area contributed by atoms with Gasteiger partial charge in [0.15, 0.2) is 0 Å². The molecule has 0 aliphatic heterocycles. The highest BCUT2D eigenvalue weighted by Gasteiger charge is 2.14. The van der Waals surface area contributed by atoms with Crippen LogP contribution in [-0.2, 0) is 6.42 Å². The lowest BCUT2D eigenvalue weighted by Gasteiger charge is -2.14. The van der Waals surface area contributed by atoms with E-state index in [1.807, 2.05) is 31.2 Å². The number of halogens is 1. The number of non-ortho nitro benzene ring substituents is 1. The number of nitrogens with two attached hydrogens (primary N) is 1. The zero-order chi connectivity index (χ0) is 14.7. The van der Waals surface area contributed by atoms with E-state index >= 15 is 0 Å². The molecule has 2 aromatic carbocycles. The lowest BCUT2D eigenvalue weighted by molar-refractivity contribution is -0.384. The number of hydrogen-bond acceptors (Lipinski definition) is 3. The average molecular weight is 291 g/mol. The second kappa shape index (κ2) is 6.03. The van der Waals surface area contributed by atoms with Crippen LogP contribution in [-0.4, -0.2) is 4.92 Å². The predicted octanol–water partition coefficient (Wildman–Crippen LogP) is 3.80. The number of nitro groups is 1. The van der Waals surface area contributed by atoms with E-state index in [2.05, 4.69) is 0 Å². The highest BCUT2D eigenvalue weighted by Crippen LogP contribution is 2.26. The van der Waals surface area contributed by atoms with E-state index in [0.29, 0.717) is 17.0 Å². The molecule has 2 aromatic rings. The van der Waals surface area contributed by atoms with Gasteiger partial charge >= 0.3 is 0 Å². The van der Waals surface area contributed by atoms with Crippen molar-refractivity contribution in [3.63, 3.8) is 0 Å². The summed E-state index contributed by atoms with van der Waals surface area (Å²) >= 11 is 5.91. The minimum absolute atomic E-state index is 0.0345. The standard InChI is InChI=1S/C15H15ClN2O2/c1-10-4-2-3-5-11(10)8-15(17)12-6-13(16)9-14(7-12)18(19)20/h2-7,9,15H,8,17H2,1H3. The number of rotatable bonds is 4. The first-order chi connectivity index (χ1) is 9.47. The maximum absolute atomic E-state index is 10.8. The summed E-state index contributed by atoms with van der Waals surface area (Å²) in [7, 11) is 0. The molecular weight excluding hydrogens is 276 g/mol. The minimum Gasteiger partial charge on any atom is -0.324 e. The first kappa shape index (κ1) is 14.5. The molecule has 0 bridgehead atoms. The Hall–Kier alpha value is -1.91. The van der Waals surface area contributed by atoms with Gasteiger partial charge in [-0.1, -0.05) is 35.9 Å². The van der Waals surface area contributed by atoms with Gasteiger partial charge in [0.25, 0.3) is 5.69 Å². The summed E-state index contributed by atoms with van der Waals surface area (Å²) in [6, 6.07) is 12.1. The van der Waals surface area contributed by atoms with Crippen molar-refractivity contribution < 1.29 is 4.92 Å². The molecule has 4 nitrogen and oxygen atoms in total. The van der Waals surface area contributed by atoms with E-state index in [1.165, 1.54) is 12.1 Å². The van der Waals surface area contributed by atoms with Crippen LogP contribution < -0.4 is 5.73 Å². The third-order valence-corrected chi connectivity index (χ3v) is 3.46. The molecule has 0 spiro atoms. The molecule has 0 heterocycles. The third kappa shape index (κ3) is 3.35. The van der Waals surface area contributed by atoms with Gasteiger partial charge in [0, 0.05) is 23.2 Å². The van der Waals surface area contributed by atoms with Gasteiger partial charge < -0.3 is 5.73 Å². The van der Waals surface area contributed by atoms with Crippen molar-refractivity contribution in [3.8, 4) is 0 Å². The van der Waals surface area contributed by atoms with E-state index < -0.39 is 4.92 Å². The van der Waals surface area contributed by atoms with Crippen molar-refractivity contribution in [1.82, 2.24) is 0 Å². The molecule has 2 rings (SSSR count). The molecule has 0 amide bonds. The van der Waals surface area contributed by atoms with Gasteiger partial charge in [-0.25, -0.2) is 0 Å². The molecule has 0 radical (unpaired) electrons.